The Morgan fingerprint density at radius 3 is 2.79 bits per heavy atom. The van der Waals surface area contributed by atoms with Gasteiger partial charge in [-0.05, 0) is 60.4 Å². The van der Waals surface area contributed by atoms with Crippen LogP contribution in [0.15, 0.2) is 60.9 Å². The van der Waals surface area contributed by atoms with E-state index >= 15 is 0 Å². The van der Waals surface area contributed by atoms with Crippen LogP contribution in [0.25, 0.3) is 10.8 Å². The van der Waals surface area contributed by atoms with Gasteiger partial charge >= 0.3 is 0 Å². The van der Waals surface area contributed by atoms with Crippen LogP contribution < -0.4 is 5.32 Å². The van der Waals surface area contributed by atoms with Crippen LogP contribution in [0.1, 0.15) is 52.0 Å². The Balaban J connectivity index is 1.22. The molecule has 1 unspecified atom stereocenters. The number of Topliss-reactive ketones (excluding diaryl/α,β-unsaturated/α-hetero) is 1. The molecule has 3 aromatic rings. The van der Waals surface area contributed by atoms with E-state index in [1.165, 1.54) is 0 Å². The first kappa shape index (κ1) is 22.0. The summed E-state index contributed by atoms with van der Waals surface area (Å²) in [6.07, 6.45) is 4.53. The summed E-state index contributed by atoms with van der Waals surface area (Å²) in [5.74, 6) is -0.0854. The van der Waals surface area contributed by atoms with Gasteiger partial charge in [0.15, 0.2) is 0 Å². The van der Waals surface area contributed by atoms with Gasteiger partial charge in [-0.3, -0.25) is 19.4 Å². The molecule has 1 N–H and O–H groups in total. The van der Waals surface area contributed by atoms with Crippen molar-refractivity contribution >= 4 is 28.4 Å². The number of amides is 2. The van der Waals surface area contributed by atoms with Crippen LogP contribution in [-0.2, 0) is 29.0 Å². The van der Waals surface area contributed by atoms with Gasteiger partial charge in [-0.2, -0.15) is 0 Å². The molecule has 1 aromatic heterocycles. The van der Waals surface area contributed by atoms with E-state index in [9.17, 15) is 14.4 Å². The maximum absolute atomic E-state index is 12.9. The van der Waals surface area contributed by atoms with E-state index < -0.39 is 6.04 Å². The lowest BCUT2D eigenvalue weighted by molar-refractivity contribution is -0.126. The number of ketones is 1. The lowest BCUT2D eigenvalue weighted by Crippen LogP contribution is -2.49. The quantitative estimate of drug-likeness (QED) is 0.611. The summed E-state index contributed by atoms with van der Waals surface area (Å²) in [5, 5.41) is 4.97. The number of nitrogens with zero attached hydrogens (tertiary/aromatic N) is 2. The van der Waals surface area contributed by atoms with Gasteiger partial charge in [-0.25, -0.2) is 0 Å². The molecule has 0 saturated carbocycles. The fourth-order valence-electron chi connectivity index (χ4n) is 4.95. The van der Waals surface area contributed by atoms with Gasteiger partial charge in [0.25, 0.3) is 5.91 Å². The van der Waals surface area contributed by atoms with Crippen LogP contribution in [0, 0.1) is 6.92 Å². The van der Waals surface area contributed by atoms with Gasteiger partial charge in [0.1, 0.15) is 11.8 Å². The lowest BCUT2D eigenvalue weighted by atomic mass is 9.98. The summed E-state index contributed by atoms with van der Waals surface area (Å²) < 4.78 is 0. The average Bonchev–Trinajstić information content (AvgIpc) is 3.13. The number of carbonyl (C=O) groups is 3. The molecule has 1 saturated heterocycles. The third kappa shape index (κ3) is 4.23. The maximum Gasteiger partial charge on any atom is 0.255 e. The lowest BCUT2D eigenvalue weighted by Gasteiger charge is -2.30. The molecule has 34 heavy (non-hydrogen) atoms. The van der Waals surface area contributed by atoms with Crippen LogP contribution in [0.2, 0.25) is 0 Å². The summed E-state index contributed by atoms with van der Waals surface area (Å²) in [6, 6.07) is 13.4. The molecule has 0 spiro atoms. The maximum atomic E-state index is 12.9. The average molecular weight is 454 g/mol. The highest BCUT2D eigenvalue weighted by atomic mass is 16.2. The molecular weight excluding hydrogens is 426 g/mol. The molecule has 3 heterocycles. The zero-order chi connectivity index (χ0) is 23.8. The number of allylic oxidation sites excluding steroid dienone is 1. The highest BCUT2D eigenvalue weighted by Crippen LogP contribution is 2.29. The summed E-state index contributed by atoms with van der Waals surface area (Å²) >= 11 is 0. The van der Waals surface area contributed by atoms with Gasteiger partial charge < -0.3 is 10.2 Å². The van der Waals surface area contributed by atoms with Crippen molar-refractivity contribution in [2.45, 2.75) is 51.6 Å². The summed E-state index contributed by atoms with van der Waals surface area (Å²) in [7, 11) is 0. The second kappa shape index (κ2) is 8.86. The number of aromatic nitrogens is 1. The van der Waals surface area contributed by atoms with Crippen LogP contribution in [0.4, 0.5) is 0 Å². The second-order valence-corrected chi connectivity index (χ2v) is 9.24. The van der Waals surface area contributed by atoms with E-state index in [-0.39, 0.29) is 17.6 Å². The van der Waals surface area contributed by atoms with Crippen LogP contribution in [-0.4, -0.2) is 33.5 Å². The Morgan fingerprint density at radius 2 is 1.97 bits per heavy atom. The number of benzene rings is 2. The Hall–Kier alpha value is -3.80. The first-order chi connectivity index (χ1) is 16.4. The van der Waals surface area contributed by atoms with Gasteiger partial charge in [0.2, 0.25) is 5.91 Å². The highest BCUT2D eigenvalue weighted by molar-refractivity contribution is 6.01. The SMILES string of the molecule is C=C1CCC(N2Cc3cc(CCC(=O)Cc4ccc5c(C)nccc5c4)ccc3C2=O)C(=O)N1. The summed E-state index contributed by atoms with van der Waals surface area (Å²) in [5.41, 5.74) is 5.29. The van der Waals surface area contributed by atoms with Crippen LogP contribution in [0.3, 0.4) is 0 Å². The van der Waals surface area contributed by atoms with Crippen molar-refractivity contribution in [1.82, 2.24) is 15.2 Å². The highest BCUT2D eigenvalue weighted by Gasteiger charge is 2.38. The van der Waals surface area contributed by atoms with E-state index in [1.807, 2.05) is 43.3 Å². The molecule has 6 heteroatoms. The van der Waals surface area contributed by atoms with Crippen molar-refractivity contribution in [3.05, 3.63) is 88.9 Å². The third-order valence-corrected chi connectivity index (χ3v) is 6.82. The van der Waals surface area contributed by atoms with Crippen LogP contribution in [0.5, 0.6) is 0 Å². The number of aryl methyl sites for hydroxylation is 2. The number of hydrogen-bond acceptors (Lipinski definition) is 4. The van der Waals surface area contributed by atoms with Gasteiger partial charge in [0, 0.05) is 47.9 Å². The van der Waals surface area contributed by atoms with Gasteiger partial charge in [-0.15, -0.1) is 0 Å². The van der Waals surface area contributed by atoms with Crippen molar-refractivity contribution in [3.63, 3.8) is 0 Å². The van der Waals surface area contributed by atoms with Crippen molar-refractivity contribution in [3.8, 4) is 0 Å². The Morgan fingerprint density at radius 1 is 1.15 bits per heavy atom. The molecule has 0 bridgehead atoms. The number of rotatable bonds is 6. The van der Waals surface area contributed by atoms with E-state index in [4.69, 9.17) is 0 Å². The van der Waals surface area contributed by atoms with E-state index in [1.54, 1.807) is 11.1 Å². The Labute approximate surface area is 198 Å². The molecule has 172 valence electrons. The molecule has 0 aliphatic carbocycles. The van der Waals surface area contributed by atoms with Gasteiger partial charge in [0.05, 0.1) is 0 Å². The number of fused-ring (bicyclic) bond motifs is 2. The fourth-order valence-corrected chi connectivity index (χ4v) is 4.95. The Kier molecular flexibility index (Phi) is 5.74. The molecule has 2 amide bonds. The largest absolute Gasteiger partial charge is 0.329 e. The first-order valence-corrected chi connectivity index (χ1v) is 11.7. The fraction of sp³-hybridized carbons (Fsp3) is 0.286. The topological polar surface area (TPSA) is 79.4 Å². The second-order valence-electron chi connectivity index (χ2n) is 9.24. The minimum absolute atomic E-state index is 0.105. The van der Waals surface area contributed by atoms with Crippen LogP contribution >= 0.6 is 0 Å². The Bertz CT molecular complexity index is 1340. The minimum Gasteiger partial charge on any atom is -0.329 e. The molecule has 1 fully saturated rings. The standard InChI is InChI=1S/C28H27N3O3/c1-17-3-10-26(27(33)30-17)31-16-22-13-19(5-9-25(22)28(31)34)4-7-23(32)15-20-6-8-24-18(2)29-12-11-21(24)14-20/h5-6,8-9,11-14,26H,1,3-4,7,10,15-16H2,2H3,(H,30,33). The number of nitrogens with one attached hydrogen (secondary N) is 1. The molecule has 1 atom stereocenters. The summed E-state index contributed by atoms with van der Waals surface area (Å²) in [4.78, 5) is 43.9. The molecule has 6 nitrogen and oxygen atoms in total. The number of piperidine rings is 1. The predicted octanol–water partition coefficient (Wildman–Crippen LogP) is 4.04. The van der Waals surface area contributed by atoms with Crippen molar-refractivity contribution in [2.75, 3.05) is 0 Å². The molecule has 0 radical (unpaired) electrons. The van der Waals surface area contributed by atoms with Gasteiger partial charge in [-0.1, -0.05) is 36.9 Å². The normalized spacial score (nSPS) is 17.7. The minimum atomic E-state index is -0.461. The van der Waals surface area contributed by atoms with E-state index in [2.05, 4.69) is 22.9 Å². The molecule has 2 aliphatic heterocycles. The van der Waals surface area contributed by atoms with Crippen molar-refractivity contribution in [2.24, 2.45) is 0 Å². The number of hydrogen-bond donors (Lipinski definition) is 1. The molecule has 2 aliphatic rings. The first-order valence-electron chi connectivity index (χ1n) is 11.7. The summed E-state index contributed by atoms with van der Waals surface area (Å²) in [6.45, 7) is 6.21. The zero-order valence-electron chi connectivity index (χ0n) is 19.3. The molecule has 2 aromatic carbocycles. The predicted molar refractivity (Wildman–Crippen MR) is 130 cm³/mol. The van der Waals surface area contributed by atoms with Crippen molar-refractivity contribution < 1.29 is 14.4 Å². The molecule has 5 rings (SSSR count). The number of carbonyl (C=O) groups excluding carboxylic acids is 3. The zero-order valence-corrected chi connectivity index (χ0v) is 19.3. The van der Waals surface area contributed by atoms with E-state index in [0.29, 0.717) is 49.9 Å². The van der Waals surface area contributed by atoms with Crippen molar-refractivity contribution in [1.29, 1.82) is 0 Å². The molecular formula is C28H27N3O3. The third-order valence-electron chi connectivity index (χ3n) is 6.82. The van der Waals surface area contributed by atoms with E-state index in [0.717, 1.165) is 33.2 Å². The smallest absolute Gasteiger partial charge is 0.255 e. The monoisotopic (exact) mass is 453 g/mol. The number of pyridine rings is 1.